The number of benzene rings is 2. The van der Waals surface area contributed by atoms with Gasteiger partial charge in [-0.05, 0) is 43.4 Å². The molecule has 0 aromatic heterocycles. The van der Waals surface area contributed by atoms with E-state index in [-0.39, 0.29) is 17.4 Å². The number of para-hydroxylation sites is 1. The predicted octanol–water partition coefficient (Wildman–Crippen LogP) is 3.05. The summed E-state index contributed by atoms with van der Waals surface area (Å²) in [4.78, 5) is 12.8. The minimum atomic E-state index is -0.116. The lowest BCUT2D eigenvalue weighted by molar-refractivity contribution is 0.0932. The number of guanidine groups is 1. The Labute approximate surface area is 172 Å². The molecule has 0 radical (unpaired) electrons. The molecule has 0 heterocycles. The number of hydrogen-bond donors (Lipinski definition) is 4. The first kappa shape index (κ1) is 20.7. The average Bonchev–Trinajstić information content (AvgIpc) is 2.79. The molecule has 0 unspecified atom stereocenters. The second-order valence-electron chi connectivity index (χ2n) is 7.57. The molecule has 1 amide bonds. The summed E-state index contributed by atoms with van der Waals surface area (Å²) < 4.78 is 5.33. The van der Waals surface area contributed by atoms with Crippen molar-refractivity contribution >= 4 is 11.9 Å². The monoisotopic (exact) mass is 394 g/mol. The quantitative estimate of drug-likeness (QED) is 0.448. The largest absolute Gasteiger partial charge is 0.496 e. The lowest BCUT2D eigenvalue weighted by Crippen LogP contribution is -2.49. The number of rotatable bonds is 6. The molecule has 2 aromatic rings. The summed E-state index contributed by atoms with van der Waals surface area (Å²) in [6.07, 6.45) is 3.78. The van der Waals surface area contributed by atoms with Crippen LogP contribution in [-0.4, -0.2) is 38.6 Å². The molecule has 4 N–H and O–H groups in total. The van der Waals surface area contributed by atoms with E-state index in [4.69, 9.17) is 10.1 Å². The van der Waals surface area contributed by atoms with Gasteiger partial charge >= 0.3 is 0 Å². The van der Waals surface area contributed by atoms with Crippen molar-refractivity contribution in [3.63, 3.8) is 0 Å². The summed E-state index contributed by atoms with van der Waals surface area (Å²) in [6, 6.07) is 18.0. The van der Waals surface area contributed by atoms with E-state index in [1.54, 1.807) is 26.3 Å². The zero-order valence-corrected chi connectivity index (χ0v) is 17.1. The molecule has 0 saturated heterocycles. The Morgan fingerprint density at radius 1 is 1.10 bits per heavy atom. The van der Waals surface area contributed by atoms with Crippen LogP contribution in [0.3, 0.4) is 0 Å². The summed E-state index contributed by atoms with van der Waals surface area (Å²) >= 11 is 0. The third-order valence-electron chi connectivity index (χ3n) is 5.87. The SMILES string of the molecule is CNC(=N)N[C@H]1CC[C@](CNC(=O)c2ccccc2OC)(c2ccccc2)CC1. The minimum absolute atomic E-state index is 0.112. The molecule has 1 saturated carbocycles. The summed E-state index contributed by atoms with van der Waals surface area (Å²) in [6.45, 7) is 0.574. The van der Waals surface area contributed by atoms with Crippen molar-refractivity contribution in [2.45, 2.75) is 37.1 Å². The van der Waals surface area contributed by atoms with Gasteiger partial charge in [0.05, 0.1) is 12.7 Å². The number of methoxy groups -OCH3 is 1. The molecule has 1 aliphatic rings. The molecule has 3 rings (SSSR count). The van der Waals surface area contributed by atoms with Crippen LogP contribution < -0.4 is 20.7 Å². The lowest BCUT2D eigenvalue weighted by Gasteiger charge is -2.41. The topological polar surface area (TPSA) is 86.2 Å². The highest BCUT2D eigenvalue weighted by molar-refractivity contribution is 5.97. The Morgan fingerprint density at radius 3 is 2.41 bits per heavy atom. The molecule has 6 heteroatoms. The fourth-order valence-electron chi connectivity index (χ4n) is 4.13. The number of hydrogen-bond acceptors (Lipinski definition) is 3. The molecule has 0 spiro atoms. The van der Waals surface area contributed by atoms with Gasteiger partial charge in [0.1, 0.15) is 5.75 Å². The number of nitrogens with one attached hydrogen (secondary N) is 4. The zero-order valence-electron chi connectivity index (χ0n) is 17.1. The van der Waals surface area contributed by atoms with Gasteiger partial charge in [-0.1, -0.05) is 42.5 Å². The van der Waals surface area contributed by atoms with Crippen molar-refractivity contribution in [2.75, 3.05) is 20.7 Å². The van der Waals surface area contributed by atoms with Crippen LogP contribution in [0.1, 0.15) is 41.6 Å². The van der Waals surface area contributed by atoms with E-state index >= 15 is 0 Å². The maximum Gasteiger partial charge on any atom is 0.255 e. The number of carbonyl (C=O) groups is 1. The fourth-order valence-corrected chi connectivity index (χ4v) is 4.13. The highest BCUT2D eigenvalue weighted by Gasteiger charge is 2.37. The van der Waals surface area contributed by atoms with E-state index in [9.17, 15) is 4.79 Å². The van der Waals surface area contributed by atoms with Crippen molar-refractivity contribution in [2.24, 2.45) is 0 Å². The van der Waals surface area contributed by atoms with Gasteiger partial charge in [0.15, 0.2) is 5.96 Å². The molecule has 0 atom stereocenters. The van der Waals surface area contributed by atoms with Crippen molar-refractivity contribution in [1.82, 2.24) is 16.0 Å². The minimum Gasteiger partial charge on any atom is -0.496 e. The van der Waals surface area contributed by atoms with E-state index in [1.807, 2.05) is 18.2 Å². The van der Waals surface area contributed by atoms with Crippen LogP contribution in [0.15, 0.2) is 54.6 Å². The van der Waals surface area contributed by atoms with Gasteiger partial charge in [-0.2, -0.15) is 0 Å². The van der Waals surface area contributed by atoms with Crippen LogP contribution in [0.25, 0.3) is 0 Å². The van der Waals surface area contributed by atoms with Crippen molar-refractivity contribution < 1.29 is 9.53 Å². The first-order valence-corrected chi connectivity index (χ1v) is 10.1. The smallest absolute Gasteiger partial charge is 0.255 e. The van der Waals surface area contributed by atoms with Crippen molar-refractivity contribution in [1.29, 1.82) is 5.41 Å². The van der Waals surface area contributed by atoms with Gasteiger partial charge in [-0.15, -0.1) is 0 Å². The average molecular weight is 395 g/mol. The maximum atomic E-state index is 12.8. The molecule has 29 heavy (non-hydrogen) atoms. The van der Waals surface area contributed by atoms with E-state index < -0.39 is 0 Å². The molecule has 154 valence electrons. The zero-order chi connectivity index (χ0) is 20.7. The summed E-state index contributed by atoms with van der Waals surface area (Å²) in [5.74, 6) is 0.818. The number of ether oxygens (including phenoxy) is 1. The molecule has 2 aromatic carbocycles. The third kappa shape index (κ3) is 4.88. The van der Waals surface area contributed by atoms with E-state index in [1.165, 1.54) is 5.56 Å². The summed E-state index contributed by atoms with van der Waals surface area (Å²) in [5, 5.41) is 17.0. The van der Waals surface area contributed by atoms with Gasteiger partial charge in [-0.25, -0.2) is 0 Å². The molecular formula is C23H30N4O2. The van der Waals surface area contributed by atoms with Crippen molar-refractivity contribution in [3.05, 3.63) is 65.7 Å². The summed E-state index contributed by atoms with van der Waals surface area (Å²) in [5.41, 5.74) is 1.69. The van der Waals surface area contributed by atoms with Crippen LogP contribution in [0.4, 0.5) is 0 Å². The predicted molar refractivity (Wildman–Crippen MR) is 116 cm³/mol. The Morgan fingerprint density at radius 2 is 1.76 bits per heavy atom. The Bertz CT molecular complexity index is 830. The lowest BCUT2D eigenvalue weighted by atomic mass is 9.68. The van der Waals surface area contributed by atoms with Gasteiger partial charge in [-0.3, -0.25) is 10.2 Å². The van der Waals surface area contributed by atoms with Crippen LogP contribution in [-0.2, 0) is 5.41 Å². The Hall–Kier alpha value is -3.02. The number of carbonyl (C=O) groups excluding carboxylic acids is 1. The normalized spacial score (nSPS) is 21.1. The first-order valence-electron chi connectivity index (χ1n) is 10.1. The fraction of sp³-hybridized carbons (Fsp3) is 0.391. The molecule has 1 aliphatic carbocycles. The van der Waals surface area contributed by atoms with Gasteiger partial charge in [0.2, 0.25) is 0 Å². The molecule has 0 aliphatic heterocycles. The van der Waals surface area contributed by atoms with Crippen LogP contribution in [0.5, 0.6) is 5.75 Å². The van der Waals surface area contributed by atoms with E-state index in [0.29, 0.717) is 23.8 Å². The van der Waals surface area contributed by atoms with Gasteiger partial charge < -0.3 is 20.7 Å². The molecule has 6 nitrogen and oxygen atoms in total. The Kier molecular flexibility index (Phi) is 6.75. The number of amides is 1. The van der Waals surface area contributed by atoms with Crippen molar-refractivity contribution in [3.8, 4) is 5.75 Å². The van der Waals surface area contributed by atoms with Crippen LogP contribution >= 0.6 is 0 Å². The molecule has 1 fully saturated rings. The molecular weight excluding hydrogens is 364 g/mol. The highest BCUT2D eigenvalue weighted by atomic mass is 16.5. The summed E-state index contributed by atoms with van der Waals surface area (Å²) in [7, 11) is 3.33. The second-order valence-corrected chi connectivity index (χ2v) is 7.57. The highest BCUT2D eigenvalue weighted by Crippen LogP contribution is 2.39. The Balaban J connectivity index is 1.74. The van der Waals surface area contributed by atoms with Crippen LogP contribution in [0.2, 0.25) is 0 Å². The first-order chi connectivity index (χ1) is 14.1. The second kappa shape index (κ2) is 9.45. The van der Waals surface area contributed by atoms with E-state index in [2.05, 4.69) is 40.2 Å². The van der Waals surface area contributed by atoms with Gasteiger partial charge in [0, 0.05) is 25.0 Å². The third-order valence-corrected chi connectivity index (χ3v) is 5.87. The van der Waals surface area contributed by atoms with E-state index in [0.717, 1.165) is 25.7 Å². The van der Waals surface area contributed by atoms with Crippen LogP contribution in [0, 0.1) is 5.41 Å². The van der Waals surface area contributed by atoms with Gasteiger partial charge in [0.25, 0.3) is 5.91 Å². The standard InChI is InChI=1S/C23H30N4O2/c1-25-22(24)27-18-12-14-23(15-13-18,17-8-4-3-5-9-17)16-26-21(28)19-10-6-7-11-20(19)29-2/h3-11,18H,12-16H2,1-2H3,(H,26,28)(H3,24,25,27)/t18-,23-. The maximum absolute atomic E-state index is 12.8. The molecule has 0 bridgehead atoms.